The van der Waals surface area contributed by atoms with Gasteiger partial charge in [-0.05, 0) is 8.42 Å². The molecule has 0 aliphatic rings. The van der Waals surface area contributed by atoms with E-state index in [1.54, 1.807) is 0 Å². The Hall–Kier alpha value is 1.44. The first kappa shape index (κ1) is 9.06. The largest absolute Gasteiger partial charge is 0.309 e. The van der Waals surface area contributed by atoms with E-state index in [1.165, 1.54) is 0 Å². The van der Waals surface area contributed by atoms with Crippen LogP contribution >= 0.6 is 17.3 Å². The van der Waals surface area contributed by atoms with E-state index in [4.69, 9.17) is 5.50 Å². The second-order valence-corrected chi connectivity index (χ2v) is 1.50. The molecular formula is H5NP2Rh. The van der Waals surface area contributed by atoms with Crippen LogP contribution in [0.4, 0.5) is 0 Å². The van der Waals surface area contributed by atoms with E-state index >= 15 is 0 Å². The van der Waals surface area contributed by atoms with Crippen LogP contribution in [-0.2, 0) is 19.5 Å². The van der Waals surface area contributed by atoms with Gasteiger partial charge in [0.05, 0.1) is 0 Å². The molecule has 0 aliphatic heterocycles. The zero-order valence-corrected chi connectivity index (χ0v) is 5.78. The van der Waals surface area contributed by atoms with Gasteiger partial charge in [-0.25, -0.2) is 0 Å². The summed E-state index contributed by atoms with van der Waals surface area (Å²) in [5, 5.41) is 0. The molecule has 0 aromatic heterocycles. The van der Waals surface area contributed by atoms with Crippen molar-refractivity contribution in [2.45, 2.75) is 0 Å². The molecule has 0 fully saturated rings. The van der Waals surface area contributed by atoms with Crippen molar-refractivity contribution >= 4 is 17.3 Å². The average molecular weight is 184 g/mol. The van der Waals surface area contributed by atoms with Crippen molar-refractivity contribution in [1.82, 2.24) is 0 Å². The third-order valence-electron chi connectivity index (χ3n) is 0. The fourth-order valence-corrected chi connectivity index (χ4v) is 0. The molecule has 0 aromatic carbocycles. The standard InChI is InChI=1S/H5NP2.Rh/c1-3-2;/h3H,1-2H2;. The maximum absolute atomic E-state index is 4.84. The average Bonchev–Trinajstić information content (AvgIpc) is 0.918. The molecule has 1 nitrogen and oxygen atoms in total. The minimum atomic E-state index is 0. The van der Waals surface area contributed by atoms with E-state index in [0.717, 1.165) is 0 Å². The number of nitrogens with two attached hydrogens (primary N) is 1. The van der Waals surface area contributed by atoms with Gasteiger partial charge in [0.2, 0.25) is 0 Å². The quantitative estimate of drug-likeness (QED) is 0.425. The van der Waals surface area contributed by atoms with Gasteiger partial charge in [-0.1, -0.05) is 8.93 Å². The van der Waals surface area contributed by atoms with Crippen LogP contribution in [0.5, 0.6) is 0 Å². The summed E-state index contributed by atoms with van der Waals surface area (Å²) in [6.07, 6.45) is 0. The van der Waals surface area contributed by atoms with Gasteiger partial charge in [0.1, 0.15) is 0 Å². The molecule has 0 aliphatic carbocycles. The van der Waals surface area contributed by atoms with Crippen molar-refractivity contribution in [2.24, 2.45) is 5.50 Å². The Morgan fingerprint density at radius 2 is 1.75 bits per heavy atom. The summed E-state index contributed by atoms with van der Waals surface area (Å²) in [5.41, 5.74) is 4.84. The topological polar surface area (TPSA) is 26.0 Å². The van der Waals surface area contributed by atoms with Gasteiger partial charge in [0.25, 0.3) is 0 Å². The third kappa shape index (κ3) is 9.87. The van der Waals surface area contributed by atoms with E-state index < -0.39 is 0 Å². The molecule has 1 radical (unpaired) electrons. The molecule has 4 heavy (non-hydrogen) atoms. The molecule has 0 spiro atoms. The summed E-state index contributed by atoms with van der Waals surface area (Å²) >= 11 is 0. The van der Waals surface area contributed by atoms with Crippen LogP contribution in [0.3, 0.4) is 0 Å². The second-order valence-electron chi connectivity index (χ2n) is 0.167. The first-order valence-electron chi connectivity index (χ1n) is 0.577. The van der Waals surface area contributed by atoms with E-state index in [1.807, 2.05) is 0 Å². The van der Waals surface area contributed by atoms with Crippen LogP contribution in [0.1, 0.15) is 0 Å². The fraction of sp³-hybridized carbons (Fsp3) is 0. The number of rotatable bonds is 0. The van der Waals surface area contributed by atoms with Gasteiger partial charge in [-0.15, -0.1) is 0 Å². The van der Waals surface area contributed by atoms with Crippen molar-refractivity contribution in [2.75, 3.05) is 0 Å². The minimum absolute atomic E-state index is 0. The Morgan fingerprint density at radius 1 is 1.75 bits per heavy atom. The Kier molecular flexibility index (Phi) is 20.0. The summed E-state index contributed by atoms with van der Waals surface area (Å²) in [6.45, 7) is 0. The van der Waals surface area contributed by atoms with Gasteiger partial charge in [-0.2, -0.15) is 0 Å². The van der Waals surface area contributed by atoms with Gasteiger partial charge in [0, 0.05) is 19.5 Å². The van der Waals surface area contributed by atoms with Crippen LogP contribution in [0.2, 0.25) is 0 Å². The van der Waals surface area contributed by atoms with Gasteiger partial charge in [-0.3, -0.25) is 0 Å². The normalized spacial score (nSPS) is 7.50. The Morgan fingerprint density at radius 3 is 1.75 bits per heavy atom. The molecule has 2 unspecified atom stereocenters. The van der Waals surface area contributed by atoms with E-state index in [2.05, 4.69) is 8.93 Å². The number of hydrogen-bond acceptors (Lipinski definition) is 1. The van der Waals surface area contributed by atoms with Crippen molar-refractivity contribution < 1.29 is 19.5 Å². The van der Waals surface area contributed by atoms with Crippen LogP contribution in [0, 0.1) is 0 Å². The molecule has 0 rings (SSSR count). The van der Waals surface area contributed by atoms with Crippen molar-refractivity contribution in [1.29, 1.82) is 0 Å². The van der Waals surface area contributed by atoms with Crippen LogP contribution < -0.4 is 5.50 Å². The summed E-state index contributed by atoms with van der Waals surface area (Å²) < 4.78 is 0. The molecule has 0 heterocycles. The Balaban J connectivity index is 0. The smallest absolute Gasteiger partial charge is 0 e. The molecule has 4 heteroatoms. The van der Waals surface area contributed by atoms with Gasteiger partial charge in [0.15, 0.2) is 0 Å². The Labute approximate surface area is 42.8 Å². The van der Waals surface area contributed by atoms with E-state index in [0.29, 0.717) is 8.42 Å². The van der Waals surface area contributed by atoms with Crippen LogP contribution in [-0.4, -0.2) is 0 Å². The van der Waals surface area contributed by atoms with Crippen molar-refractivity contribution in [3.05, 3.63) is 0 Å². The molecule has 29 valence electrons. The van der Waals surface area contributed by atoms with E-state index in [-0.39, 0.29) is 19.5 Å². The maximum Gasteiger partial charge on any atom is 0 e. The molecule has 2 atom stereocenters. The summed E-state index contributed by atoms with van der Waals surface area (Å²) in [6, 6.07) is 0. The predicted octanol–water partition coefficient (Wildman–Crippen LogP) is 0.326. The van der Waals surface area contributed by atoms with Crippen molar-refractivity contribution in [3.8, 4) is 0 Å². The molecular weight excluding hydrogens is 179 g/mol. The molecule has 2 N–H and O–H groups in total. The van der Waals surface area contributed by atoms with Gasteiger partial charge >= 0.3 is 0 Å². The van der Waals surface area contributed by atoms with Crippen LogP contribution in [0.25, 0.3) is 0 Å². The minimum Gasteiger partial charge on any atom is -0.309 e. The molecule has 0 amide bonds. The second kappa shape index (κ2) is 8.82. The third-order valence-corrected chi connectivity index (χ3v) is 0. The molecule has 0 aromatic rings. The first-order valence-corrected chi connectivity index (χ1v) is 3.46. The molecule has 0 bridgehead atoms. The van der Waals surface area contributed by atoms with E-state index in [9.17, 15) is 0 Å². The zero-order chi connectivity index (χ0) is 2.71. The van der Waals surface area contributed by atoms with Crippen LogP contribution in [0.15, 0.2) is 0 Å². The SMILES string of the molecule is NPP.[Rh]. The summed E-state index contributed by atoms with van der Waals surface area (Å²) in [5.74, 6) is 0. The molecule has 0 saturated carbocycles. The molecule has 0 saturated heterocycles. The van der Waals surface area contributed by atoms with Gasteiger partial charge < -0.3 is 5.50 Å². The zero-order valence-electron chi connectivity index (χ0n) is 1.99. The predicted molar refractivity (Wildman–Crippen MR) is 22.2 cm³/mol. The summed E-state index contributed by atoms with van der Waals surface area (Å²) in [4.78, 5) is 0. The van der Waals surface area contributed by atoms with Crippen molar-refractivity contribution in [3.63, 3.8) is 0 Å². The summed E-state index contributed by atoms with van der Waals surface area (Å²) in [7, 11) is 2.88. The maximum atomic E-state index is 4.84. The Bertz CT molecular complexity index is 6.00. The number of hydrogen-bond donors (Lipinski definition) is 1. The monoisotopic (exact) mass is 184 g/mol. The first-order chi connectivity index (χ1) is 1.41. The fourth-order valence-electron chi connectivity index (χ4n) is 0.